The highest BCUT2D eigenvalue weighted by molar-refractivity contribution is 5.50. The van der Waals surface area contributed by atoms with Gasteiger partial charge in [0.25, 0.3) is 0 Å². The quantitative estimate of drug-likeness (QED) is 0.884. The predicted octanol–water partition coefficient (Wildman–Crippen LogP) is 3.19. The summed E-state index contributed by atoms with van der Waals surface area (Å²) in [5, 5.41) is 3.35. The molecule has 1 aromatic heterocycles. The van der Waals surface area contributed by atoms with Gasteiger partial charge in [0, 0.05) is 18.3 Å². The van der Waals surface area contributed by atoms with Crippen LogP contribution in [0.2, 0.25) is 0 Å². The van der Waals surface area contributed by atoms with Gasteiger partial charge in [0.1, 0.15) is 18.2 Å². The average Bonchev–Trinajstić information content (AvgIpc) is 2.46. The summed E-state index contributed by atoms with van der Waals surface area (Å²) in [6.07, 6.45) is 12.7. The minimum Gasteiger partial charge on any atom is -0.489 e. The minimum absolute atomic E-state index is 0.642. The van der Waals surface area contributed by atoms with Gasteiger partial charge in [-0.1, -0.05) is 6.08 Å². The Hall–Kier alpha value is -1.77. The zero-order chi connectivity index (χ0) is 12.2. The number of ether oxygens (including phenoxy) is 1. The summed E-state index contributed by atoms with van der Waals surface area (Å²) in [5.41, 5.74) is 2.58. The standard InChI is InChI=1S/C15H18N2O/c1-2-5-13(6-3-1)18-11-12-8-10-17-15-14(12)7-4-9-16-15/h2,5-6,8,10H,1,3-4,7,9,11H2,(H,16,17). The summed E-state index contributed by atoms with van der Waals surface area (Å²) >= 11 is 0. The monoisotopic (exact) mass is 242 g/mol. The fraction of sp³-hybridized carbons (Fsp3) is 0.400. The minimum atomic E-state index is 0.642. The number of fused-ring (bicyclic) bond motifs is 1. The van der Waals surface area contributed by atoms with Crippen molar-refractivity contribution in [1.82, 2.24) is 4.98 Å². The van der Waals surface area contributed by atoms with E-state index in [-0.39, 0.29) is 0 Å². The number of anilines is 1. The molecule has 3 heteroatoms. The van der Waals surface area contributed by atoms with Crippen molar-refractivity contribution in [2.24, 2.45) is 0 Å². The molecule has 0 unspecified atom stereocenters. The largest absolute Gasteiger partial charge is 0.489 e. The number of pyridine rings is 1. The van der Waals surface area contributed by atoms with E-state index in [1.807, 2.05) is 6.20 Å². The smallest absolute Gasteiger partial charge is 0.129 e. The number of rotatable bonds is 3. The van der Waals surface area contributed by atoms with Crippen molar-refractivity contribution < 1.29 is 4.74 Å². The SMILES string of the molecule is C1=CC(OCc2ccnc3c2CCCN3)=CCC1. The van der Waals surface area contributed by atoms with Crippen LogP contribution in [0.3, 0.4) is 0 Å². The van der Waals surface area contributed by atoms with E-state index in [9.17, 15) is 0 Å². The Morgan fingerprint density at radius 1 is 1.33 bits per heavy atom. The summed E-state index contributed by atoms with van der Waals surface area (Å²) < 4.78 is 5.85. The van der Waals surface area contributed by atoms with Gasteiger partial charge in [-0.05, 0) is 49.5 Å². The predicted molar refractivity (Wildman–Crippen MR) is 72.3 cm³/mol. The molecule has 2 aliphatic rings. The van der Waals surface area contributed by atoms with E-state index in [1.165, 1.54) is 17.5 Å². The number of hydrogen-bond donors (Lipinski definition) is 1. The van der Waals surface area contributed by atoms with Crippen molar-refractivity contribution in [3.05, 3.63) is 47.4 Å². The van der Waals surface area contributed by atoms with Gasteiger partial charge in [-0.2, -0.15) is 0 Å². The molecule has 0 bridgehead atoms. The van der Waals surface area contributed by atoms with Crippen LogP contribution in [-0.4, -0.2) is 11.5 Å². The van der Waals surface area contributed by atoms with Crippen LogP contribution in [0.5, 0.6) is 0 Å². The topological polar surface area (TPSA) is 34.1 Å². The van der Waals surface area contributed by atoms with Gasteiger partial charge < -0.3 is 10.1 Å². The number of hydrogen-bond acceptors (Lipinski definition) is 3. The van der Waals surface area contributed by atoms with Crippen LogP contribution in [0.25, 0.3) is 0 Å². The zero-order valence-electron chi connectivity index (χ0n) is 10.5. The Labute approximate surface area is 108 Å². The van der Waals surface area contributed by atoms with Crippen LogP contribution in [0.1, 0.15) is 30.4 Å². The van der Waals surface area contributed by atoms with Gasteiger partial charge in [0.15, 0.2) is 0 Å². The molecule has 1 aliphatic heterocycles. The first-order valence-corrected chi connectivity index (χ1v) is 6.63. The van der Waals surface area contributed by atoms with Crippen LogP contribution in [0.4, 0.5) is 5.82 Å². The molecular weight excluding hydrogens is 224 g/mol. The Morgan fingerprint density at radius 3 is 3.22 bits per heavy atom. The lowest BCUT2D eigenvalue weighted by atomic mass is 10.0. The Bertz CT molecular complexity index is 491. The molecular formula is C15H18N2O. The maximum absolute atomic E-state index is 5.85. The molecule has 1 N–H and O–H groups in total. The Balaban J connectivity index is 1.72. The molecule has 0 fully saturated rings. The first-order chi connectivity index (χ1) is 8.93. The van der Waals surface area contributed by atoms with Crippen molar-refractivity contribution >= 4 is 5.82 Å². The number of allylic oxidation sites excluding steroid dienone is 3. The van der Waals surface area contributed by atoms with Crippen LogP contribution in [0, 0.1) is 0 Å². The summed E-state index contributed by atoms with van der Waals surface area (Å²) in [6, 6.07) is 2.07. The highest BCUT2D eigenvalue weighted by Gasteiger charge is 2.14. The number of aromatic nitrogens is 1. The third kappa shape index (κ3) is 2.40. The third-order valence-electron chi connectivity index (χ3n) is 3.40. The maximum Gasteiger partial charge on any atom is 0.129 e. The Kier molecular flexibility index (Phi) is 3.31. The molecule has 1 aromatic rings. The van der Waals surface area contributed by atoms with Crippen molar-refractivity contribution in [3.63, 3.8) is 0 Å². The molecule has 0 spiro atoms. The molecule has 94 valence electrons. The lowest BCUT2D eigenvalue weighted by Crippen LogP contribution is -2.15. The van der Waals surface area contributed by atoms with Crippen LogP contribution >= 0.6 is 0 Å². The van der Waals surface area contributed by atoms with E-state index < -0.39 is 0 Å². The second kappa shape index (κ2) is 5.25. The van der Waals surface area contributed by atoms with Crippen LogP contribution in [-0.2, 0) is 17.8 Å². The zero-order valence-corrected chi connectivity index (χ0v) is 10.5. The van der Waals surface area contributed by atoms with Gasteiger partial charge in [-0.15, -0.1) is 0 Å². The van der Waals surface area contributed by atoms with Gasteiger partial charge in [-0.25, -0.2) is 4.98 Å². The van der Waals surface area contributed by atoms with Crippen LogP contribution in [0.15, 0.2) is 36.3 Å². The van der Waals surface area contributed by atoms with Crippen molar-refractivity contribution in [2.45, 2.75) is 32.3 Å². The van der Waals surface area contributed by atoms with Crippen molar-refractivity contribution in [3.8, 4) is 0 Å². The van der Waals surface area contributed by atoms with Crippen molar-refractivity contribution in [2.75, 3.05) is 11.9 Å². The van der Waals surface area contributed by atoms with E-state index in [2.05, 4.69) is 34.6 Å². The summed E-state index contributed by atoms with van der Waals surface area (Å²) in [4.78, 5) is 4.38. The van der Waals surface area contributed by atoms with E-state index in [1.54, 1.807) is 0 Å². The third-order valence-corrected chi connectivity index (χ3v) is 3.40. The molecule has 3 nitrogen and oxygen atoms in total. The molecule has 0 radical (unpaired) electrons. The normalized spacial score (nSPS) is 17.7. The van der Waals surface area contributed by atoms with Crippen LogP contribution < -0.4 is 5.32 Å². The fourth-order valence-electron chi connectivity index (χ4n) is 2.43. The lowest BCUT2D eigenvalue weighted by molar-refractivity contribution is 0.208. The van der Waals surface area contributed by atoms with Gasteiger partial charge in [0.2, 0.25) is 0 Å². The molecule has 0 aromatic carbocycles. The highest BCUT2D eigenvalue weighted by Crippen LogP contribution is 2.24. The molecule has 18 heavy (non-hydrogen) atoms. The number of nitrogens with zero attached hydrogens (tertiary/aromatic N) is 1. The summed E-state index contributed by atoms with van der Waals surface area (Å²) in [7, 11) is 0. The Morgan fingerprint density at radius 2 is 2.33 bits per heavy atom. The summed E-state index contributed by atoms with van der Waals surface area (Å²) in [6.45, 7) is 1.67. The summed E-state index contributed by atoms with van der Waals surface area (Å²) in [5.74, 6) is 2.03. The first kappa shape index (κ1) is 11.3. The van der Waals surface area contributed by atoms with Gasteiger partial charge >= 0.3 is 0 Å². The second-order valence-corrected chi connectivity index (χ2v) is 4.70. The van der Waals surface area contributed by atoms with E-state index in [0.29, 0.717) is 6.61 Å². The molecule has 0 saturated heterocycles. The van der Waals surface area contributed by atoms with Crippen molar-refractivity contribution in [1.29, 1.82) is 0 Å². The molecule has 0 saturated carbocycles. The highest BCUT2D eigenvalue weighted by atomic mass is 16.5. The van der Waals surface area contributed by atoms with E-state index in [0.717, 1.165) is 37.4 Å². The first-order valence-electron chi connectivity index (χ1n) is 6.63. The molecule has 3 rings (SSSR count). The second-order valence-electron chi connectivity index (χ2n) is 4.70. The maximum atomic E-state index is 5.85. The van der Waals surface area contributed by atoms with Gasteiger partial charge in [-0.3, -0.25) is 0 Å². The fourth-order valence-corrected chi connectivity index (χ4v) is 2.43. The average molecular weight is 242 g/mol. The van der Waals surface area contributed by atoms with Gasteiger partial charge in [0.05, 0.1) is 0 Å². The molecule has 0 atom stereocenters. The molecule has 2 heterocycles. The van der Waals surface area contributed by atoms with E-state index >= 15 is 0 Å². The molecule has 1 aliphatic carbocycles. The number of nitrogens with one attached hydrogen (secondary N) is 1. The lowest BCUT2D eigenvalue weighted by Gasteiger charge is -2.20. The molecule has 0 amide bonds. The van der Waals surface area contributed by atoms with E-state index in [4.69, 9.17) is 4.74 Å².